The molecular weight excluding hydrogens is 240 g/mol. The molecule has 1 aromatic rings. The van der Waals surface area contributed by atoms with E-state index in [0.29, 0.717) is 0 Å². The minimum absolute atomic E-state index is 0.0146. The van der Waals surface area contributed by atoms with Crippen molar-refractivity contribution in [2.24, 2.45) is 7.05 Å². The van der Waals surface area contributed by atoms with Gasteiger partial charge in [-0.05, 0) is 19.8 Å². The van der Waals surface area contributed by atoms with Gasteiger partial charge in [0.1, 0.15) is 5.82 Å². The van der Waals surface area contributed by atoms with Gasteiger partial charge in [-0.2, -0.15) is 0 Å². The number of carbonyl (C=O) groups is 1. The van der Waals surface area contributed by atoms with Crippen molar-refractivity contribution in [1.29, 1.82) is 0 Å². The summed E-state index contributed by atoms with van der Waals surface area (Å²) in [4.78, 5) is 17.9. The summed E-state index contributed by atoms with van der Waals surface area (Å²) in [6.45, 7) is 4.92. The van der Waals surface area contributed by atoms with Gasteiger partial charge in [-0.25, -0.2) is 9.78 Å². The number of nitrogens with one attached hydrogen (secondary N) is 1. The van der Waals surface area contributed by atoms with Crippen LogP contribution in [-0.4, -0.2) is 40.1 Å². The maximum absolute atomic E-state index is 11.9. The van der Waals surface area contributed by atoms with E-state index in [4.69, 9.17) is 0 Å². The van der Waals surface area contributed by atoms with Gasteiger partial charge >= 0.3 is 6.03 Å². The van der Waals surface area contributed by atoms with Gasteiger partial charge < -0.3 is 14.8 Å². The zero-order valence-corrected chi connectivity index (χ0v) is 12.5. The summed E-state index contributed by atoms with van der Waals surface area (Å²) in [6, 6.07) is 0.260. The van der Waals surface area contributed by atoms with Crippen molar-refractivity contribution < 1.29 is 4.79 Å². The Labute approximate surface area is 116 Å². The molecule has 1 rings (SSSR count). The van der Waals surface area contributed by atoms with E-state index in [1.807, 2.05) is 31.8 Å². The quantitative estimate of drug-likeness (QED) is 0.822. The monoisotopic (exact) mass is 266 g/mol. The third-order valence-corrected chi connectivity index (χ3v) is 3.25. The van der Waals surface area contributed by atoms with Crippen molar-refractivity contribution in [3.8, 4) is 0 Å². The number of amides is 2. The van der Waals surface area contributed by atoms with Crippen molar-refractivity contribution in [2.75, 3.05) is 13.6 Å². The van der Waals surface area contributed by atoms with Gasteiger partial charge in [0.15, 0.2) is 0 Å². The lowest BCUT2D eigenvalue weighted by atomic mass is 10.2. The van der Waals surface area contributed by atoms with Crippen molar-refractivity contribution in [3.63, 3.8) is 0 Å². The molecule has 108 valence electrons. The van der Waals surface area contributed by atoms with Crippen LogP contribution in [0.1, 0.15) is 38.9 Å². The first-order chi connectivity index (χ1) is 9.04. The van der Waals surface area contributed by atoms with E-state index in [1.165, 1.54) is 0 Å². The van der Waals surface area contributed by atoms with Crippen LogP contribution < -0.4 is 5.32 Å². The molecule has 0 spiro atoms. The molecule has 0 radical (unpaired) electrons. The van der Waals surface area contributed by atoms with Crippen LogP contribution in [0.25, 0.3) is 0 Å². The molecule has 0 aliphatic heterocycles. The van der Waals surface area contributed by atoms with Crippen LogP contribution >= 0.6 is 0 Å². The van der Waals surface area contributed by atoms with Crippen LogP contribution in [0.3, 0.4) is 0 Å². The molecule has 1 N–H and O–H groups in total. The lowest BCUT2D eigenvalue weighted by Crippen LogP contribution is -2.42. The third kappa shape index (κ3) is 5.32. The Morgan fingerprint density at radius 3 is 2.89 bits per heavy atom. The van der Waals surface area contributed by atoms with Gasteiger partial charge in [0, 0.05) is 45.5 Å². The van der Waals surface area contributed by atoms with Crippen molar-refractivity contribution in [3.05, 3.63) is 18.2 Å². The second-order valence-corrected chi connectivity index (χ2v) is 5.12. The zero-order chi connectivity index (χ0) is 14.3. The smallest absolute Gasteiger partial charge is 0.317 e. The summed E-state index contributed by atoms with van der Waals surface area (Å²) < 4.78 is 2.02. The van der Waals surface area contributed by atoms with Crippen molar-refractivity contribution in [2.45, 2.75) is 45.6 Å². The number of urea groups is 1. The van der Waals surface area contributed by atoms with Crippen molar-refractivity contribution >= 4 is 6.03 Å². The summed E-state index contributed by atoms with van der Waals surface area (Å²) in [7, 11) is 3.83. The first-order valence-electron chi connectivity index (χ1n) is 7.02. The molecule has 0 saturated heterocycles. The number of imidazole rings is 1. The number of carbonyl (C=O) groups excluding carboxylic acids is 1. The number of hydrogen-bond donors (Lipinski definition) is 1. The molecule has 1 atom stereocenters. The van der Waals surface area contributed by atoms with Crippen LogP contribution in [0.2, 0.25) is 0 Å². The van der Waals surface area contributed by atoms with E-state index in [-0.39, 0.29) is 12.1 Å². The molecule has 5 heteroatoms. The molecular formula is C14H26N4O. The minimum atomic E-state index is 0.0146. The van der Waals surface area contributed by atoms with E-state index in [1.54, 1.807) is 11.1 Å². The largest absolute Gasteiger partial charge is 0.338 e. The van der Waals surface area contributed by atoms with Gasteiger partial charge in [-0.15, -0.1) is 0 Å². The average Bonchev–Trinajstić information content (AvgIpc) is 2.75. The second kappa shape index (κ2) is 7.81. The Morgan fingerprint density at radius 2 is 2.32 bits per heavy atom. The number of rotatable bonds is 7. The summed E-state index contributed by atoms with van der Waals surface area (Å²) >= 11 is 0. The lowest BCUT2D eigenvalue weighted by molar-refractivity contribution is 0.204. The van der Waals surface area contributed by atoms with E-state index >= 15 is 0 Å². The molecule has 1 aromatic heterocycles. The highest BCUT2D eigenvalue weighted by Crippen LogP contribution is 2.01. The van der Waals surface area contributed by atoms with E-state index in [2.05, 4.69) is 17.2 Å². The highest BCUT2D eigenvalue weighted by atomic mass is 16.2. The van der Waals surface area contributed by atoms with Crippen molar-refractivity contribution in [1.82, 2.24) is 19.8 Å². The third-order valence-electron chi connectivity index (χ3n) is 3.25. The maximum Gasteiger partial charge on any atom is 0.317 e. The number of hydrogen-bond acceptors (Lipinski definition) is 2. The molecule has 0 aliphatic carbocycles. The predicted molar refractivity (Wildman–Crippen MR) is 77.1 cm³/mol. The predicted octanol–water partition coefficient (Wildman–Crippen LogP) is 2.18. The van der Waals surface area contributed by atoms with Crippen LogP contribution in [0.5, 0.6) is 0 Å². The standard InChI is InChI=1S/C14H26N4O/c1-5-7-12(2)16-14(19)18(4)10-6-8-13-15-9-11-17(13)3/h9,11-12H,5-8,10H2,1-4H3,(H,16,19). The first kappa shape index (κ1) is 15.5. The summed E-state index contributed by atoms with van der Waals surface area (Å²) in [5.74, 6) is 1.06. The molecule has 0 aromatic carbocycles. The highest BCUT2D eigenvalue weighted by Gasteiger charge is 2.11. The molecule has 5 nitrogen and oxygen atoms in total. The van der Waals surface area contributed by atoms with Gasteiger partial charge in [0.05, 0.1) is 0 Å². The second-order valence-electron chi connectivity index (χ2n) is 5.12. The average molecular weight is 266 g/mol. The Bertz CT molecular complexity index is 389. The SMILES string of the molecule is CCCC(C)NC(=O)N(C)CCCc1nccn1C. The molecule has 1 heterocycles. The van der Waals surface area contributed by atoms with Gasteiger partial charge in [-0.1, -0.05) is 13.3 Å². The molecule has 0 aliphatic rings. The molecule has 0 bridgehead atoms. The Kier molecular flexibility index (Phi) is 6.39. The van der Waals surface area contributed by atoms with E-state index in [0.717, 1.165) is 38.1 Å². The fourth-order valence-corrected chi connectivity index (χ4v) is 2.04. The number of nitrogens with zero attached hydrogens (tertiary/aromatic N) is 3. The van der Waals surface area contributed by atoms with Gasteiger partial charge in [-0.3, -0.25) is 0 Å². The normalized spacial score (nSPS) is 12.2. The van der Waals surface area contributed by atoms with Crippen LogP contribution in [0, 0.1) is 0 Å². The van der Waals surface area contributed by atoms with Crippen LogP contribution in [0.15, 0.2) is 12.4 Å². The van der Waals surface area contributed by atoms with Crippen LogP contribution in [-0.2, 0) is 13.5 Å². The first-order valence-corrected chi connectivity index (χ1v) is 7.02. The number of aryl methyl sites for hydroxylation is 2. The molecule has 0 saturated carbocycles. The Morgan fingerprint density at radius 1 is 1.58 bits per heavy atom. The highest BCUT2D eigenvalue weighted by molar-refractivity contribution is 5.74. The van der Waals surface area contributed by atoms with Gasteiger partial charge in [0.2, 0.25) is 0 Å². The topological polar surface area (TPSA) is 50.2 Å². The molecule has 19 heavy (non-hydrogen) atoms. The fourth-order valence-electron chi connectivity index (χ4n) is 2.04. The maximum atomic E-state index is 11.9. The van der Waals surface area contributed by atoms with E-state index in [9.17, 15) is 4.79 Å². The Balaban J connectivity index is 2.25. The minimum Gasteiger partial charge on any atom is -0.338 e. The lowest BCUT2D eigenvalue weighted by Gasteiger charge is -2.21. The zero-order valence-electron chi connectivity index (χ0n) is 12.5. The number of aromatic nitrogens is 2. The Hall–Kier alpha value is -1.52. The summed E-state index contributed by atoms with van der Waals surface area (Å²) in [5, 5.41) is 3.00. The van der Waals surface area contributed by atoms with Crippen LogP contribution in [0.4, 0.5) is 4.79 Å². The molecule has 0 fully saturated rings. The fraction of sp³-hybridized carbons (Fsp3) is 0.714. The summed E-state index contributed by atoms with van der Waals surface area (Å²) in [6.07, 6.45) is 7.68. The summed E-state index contributed by atoms with van der Waals surface area (Å²) in [5.41, 5.74) is 0. The van der Waals surface area contributed by atoms with E-state index < -0.39 is 0 Å². The molecule has 1 unspecified atom stereocenters. The molecule has 2 amide bonds. The van der Waals surface area contributed by atoms with Gasteiger partial charge in [0.25, 0.3) is 0 Å².